The van der Waals surface area contributed by atoms with Gasteiger partial charge in [0.2, 0.25) is 0 Å². The zero-order chi connectivity index (χ0) is 24.2. The van der Waals surface area contributed by atoms with Crippen LogP contribution in [0.3, 0.4) is 0 Å². The fraction of sp³-hybridized carbons (Fsp3) is 0.333. The van der Waals surface area contributed by atoms with Crippen molar-refractivity contribution in [2.45, 2.75) is 38.5 Å². The van der Waals surface area contributed by atoms with Gasteiger partial charge >= 0.3 is 5.97 Å². The van der Waals surface area contributed by atoms with Gasteiger partial charge in [-0.05, 0) is 60.4 Å². The lowest BCUT2D eigenvalue weighted by Crippen LogP contribution is -2.36. The van der Waals surface area contributed by atoms with Crippen LogP contribution in [0.25, 0.3) is 0 Å². The lowest BCUT2D eigenvalue weighted by molar-refractivity contribution is -0.138. The van der Waals surface area contributed by atoms with E-state index >= 15 is 0 Å². The Hall–Kier alpha value is -2.57. The molecule has 0 bridgehead atoms. The van der Waals surface area contributed by atoms with Gasteiger partial charge in [0.1, 0.15) is 12.4 Å². The van der Waals surface area contributed by atoms with E-state index in [2.05, 4.69) is 12.2 Å². The maximum Gasteiger partial charge on any atom is 0.336 e. The molecule has 34 heavy (non-hydrogen) atoms. The predicted octanol–water partition coefficient (Wildman–Crippen LogP) is 6.14. The second-order valence-corrected chi connectivity index (χ2v) is 10.3. The van der Waals surface area contributed by atoms with E-state index in [0.717, 1.165) is 17.0 Å². The lowest BCUT2D eigenvalue weighted by atomic mass is 9.72. The Morgan fingerprint density at radius 2 is 1.79 bits per heavy atom. The number of ether oxygens (including phenoxy) is 1. The first-order valence-electron chi connectivity index (χ1n) is 11.4. The molecule has 0 amide bonds. The number of benzene rings is 2. The minimum atomic E-state index is -0.596. The normalized spacial score (nSPS) is 20.2. The molecule has 0 unspecified atom stereocenters. The first-order chi connectivity index (χ1) is 16.4. The molecule has 2 atom stereocenters. The van der Waals surface area contributed by atoms with Crippen LogP contribution in [-0.2, 0) is 14.3 Å². The fourth-order valence-corrected chi connectivity index (χ4v) is 5.30. The number of hydrogen-bond acceptors (Lipinski definition) is 5. The molecule has 0 fully saturated rings. The molecule has 0 saturated carbocycles. The number of carbonyl (C=O) groups is 2. The Kier molecular flexibility index (Phi) is 7.79. The molecular weight excluding hydrogens is 473 g/mol. The quantitative estimate of drug-likeness (QED) is 0.366. The topological polar surface area (TPSA) is 55.4 Å². The third-order valence-corrected chi connectivity index (χ3v) is 7.37. The zero-order valence-corrected chi connectivity index (χ0v) is 20.8. The van der Waals surface area contributed by atoms with Gasteiger partial charge in [0.15, 0.2) is 5.78 Å². The molecule has 2 aliphatic rings. The third-order valence-electron chi connectivity index (χ3n) is 6.26. The Balaban J connectivity index is 1.70. The van der Waals surface area contributed by atoms with Crippen molar-refractivity contribution in [1.29, 1.82) is 0 Å². The van der Waals surface area contributed by atoms with Crippen molar-refractivity contribution in [3.05, 3.63) is 93.0 Å². The van der Waals surface area contributed by atoms with Crippen LogP contribution in [0, 0.1) is 5.82 Å². The van der Waals surface area contributed by atoms with Crippen LogP contribution in [0.2, 0.25) is 5.02 Å². The predicted molar refractivity (Wildman–Crippen MR) is 134 cm³/mol. The van der Waals surface area contributed by atoms with Crippen LogP contribution in [-0.4, -0.2) is 29.9 Å². The fourth-order valence-electron chi connectivity index (χ4n) is 4.68. The van der Waals surface area contributed by atoms with E-state index < -0.39 is 11.9 Å². The number of carbonyl (C=O) groups excluding carboxylic acids is 2. The first kappa shape index (κ1) is 24.6. The highest BCUT2D eigenvalue weighted by Crippen LogP contribution is 2.45. The molecule has 4 nitrogen and oxygen atoms in total. The van der Waals surface area contributed by atoms with Crippen molar-refractivity contribution >= 4 is 35.1 Å². The van der Waals surface area contributed by atoms with Crippen molar-refractivity contribution in [3.63, 3.8) is 0 Å². The highest BCUT2D eigenvalue weighted by molar-refractivity contribution is 7.99. The molecule has 0 aromatic heterocycles. The number of thioether (sulfide) groups is 1. The van der Waals surface area contributed by atoms with E-state index in [-0.39, 0.29) is 17.5 Å². The van der Waals surface area contributed by atoms with Gasteiger partial charge < -0.3 is 10.1 Å². The largest absolute Gasteiger partial charge is 0.461 e. The molecule has 1 N–H and O–H groups in total. The summed E-state index contributed by atoms with van der Waals surface area (Å²) in [5.41, 5.74) is 4.18. The summed E-state index contributed by atoms with van der Waals surface area (Å²) >= 11 is 7.73. The van der Waals surface area contributed by atoms with Crippen LogP contribution < -0.4 is 5.32 Å². The van der Waals surface area contributed by atoms with Crippen molar-refractivity contribution in [1.82, 2.24) is 5.32 Å². The van der Waals surface area contributed by atoms with E-state index in [1.165, 1.54) is 12.1 Å². The van der Waals surface area contributed by atoms with Gasteiger partial charge in [0.05, 0.1) is 5.57 Å². The van der Waals surface area contributed by atoms with E-state index in [1.54, 1.807) is 23.9 Å². The standard InChI is InChI=1S/C27H27ClFNO3S/c1-3-34-13-12-33-27(32)24-16(2)30-22-14-19(17-4-8-20(28)9-5-17)15-23(31)26(22)25(24)18-6-10-21(29)11-7-18/h4-11,19,25,30H,3,12-15H2,1-2H3/t19-,25+/m0/s1. The van der Waals surface area contributed by atoms with E-state index in [4.69, 9.17) is 16.3 Å². The number of allylic oxidation sites excluding steroid dienone is 3. The summed E-state index contributed by atoms with van der Waals surface area (Å²) in [4.78, 5) is 26.7. The minimum absolute atomic E-state index is 0.0113. The summed E-state index contributed by atoms with van der Waals surface area (Å²) in [5.74, 6) is 0.222. The molecule has 4 rings (SSSR count). The maximum atomic E-state index is 13.7. The SMILES string of the molecule is CCSCCOC(=O)C1=C(C)NC2=C(C(=O)C[C@@H](c3ccc(Cl)cc3)C2)[C@@H]1c1ccc(F)cc1. The minimum Gasteiger partial charge on any atom is -0.461 e. The van der Waals surface area contributed by atoms with Crippen LogP contribution in [0.4, 0.5) is 4.39 Å². The highest BCUT2D eigenvalue weighted by atomic mass is 35.5. The number of ketones is 1. The van der Waals surface area contributed by atoms with Gasteiger partial charge in [-0.1, -0.05) is 42.8 Å². The third kappa shape index (κ3) is 5.23. The number of rotatable bonds is 7. The molecule has 0 radical (unpaired) electrons. The Labute approximate surface area is 208 Å². The smallest absolute Gasteiger partial charge is 0.336 e. The summed E-state index contributed by atoms with van der Waals surface area (Å²) < 4.78 is 19.3. The lowest BCUT2D eigenvalue weighted by Gasteiger charge is -2.36. The van der Waals surface area contributed by atoms with Crippen LogP contribution in [0.1, 0.15) is 49.7 Å². The average molecular weight is 500 g/mol. The van der Waals surface area contributed by atoms with Gasteiger partial charge in [-0.15, -0.1) is 0 Å². The molecule has 1 heterocycles. The van der Waals surface area contributed by atoms with Crippen molar-refractivity contribution in [3.8, 4) is 0 Å². The average Bonchev–Trinajstić information content (AvgIpc) is 2.81. The van der Waals surface area contributed by atoms with Gasteiger partial charge in [-0.25, -0.2) is 9.18 Å². The van der Waals surface area contributed by atoms with E-state index in [1.807, 2.05) is 31.2 Å². The number of esters is 1. The summed E-state index contributed by atoms with van der Waals surface area (Å²) in [5, 5.41) is 3.99. The molecule has 2 aromatic carbocycles. The van der Waals surface area contributed by atoms with Crippen molar-refractivity contribution in [2.24, 2.45) is 0 Å². The van der Waals surface area contributed by atoms with Gasteiger partial charge in [-0.2, -0.15) is 11.8 Å². The zero-order valence-electron chi connectivity index (χ0n) is 19.2. The van der Waals surface area contributed by atoms with Crippen LogP contribution in [0.5, 0.6) is 0 Å². The van der Waals surface area contributed by atoms with E-state index in [9.17, 15) is 14.0 Å². The number of nitrogens with one attached hydrogen (secondary N) is 1. The highest BCUT2D eigenvalue weighted by Gasteiger charge is 2.41. The van der Waals surface area contributed by atoms with Gasteiger partial charge in [0.25, 0.3) is 0 Å². The number of Topliss-reactive ketones (excluding diaryl/α,β-unsaturated/α-hetero) is 1. The molecule has 0 spiro atoms. The summed E-state index contributed by atoms with van der Waals surface area (Å²) in [7, 11) is 0. The molecule has 2 aromatic rings. The Morgan fingerprint density at radius 1 is 1.12 bits per heavy atom. The number of hydrogen-bond donors (Lipinski definition) is 1. The molecule has 1 aliphatic carbocycles. The van der Waals surface area contributed by atoms with Gasteiger partial charge in [-0.3, -0.25) is 4.79 Å². The van der Waals surface area contributed by atoms with Crippen LogP contribution in [0.15, 0.2) is 71.1 Å². The molecule has 7 heteroatoms. The molecular formula is C27H27ClFNO3S. The molecule has 1 aliphatic heterocycles. The first-order valence-corrected chi connectivity index (χ1v) is 12.9. The summed E-state index contributed by atoms with van der Waals surface area (Å²) in [6, 6.07) is 13.6. The second kappa shape index (κ2) is 10.8. The number of halogens is 2. The van der Waals surface area contributed by atoms with Crippen molar-refractivity contribution < 1.29 is 18.7 Å². The maximum absolute atomic E-state index is 13.7. The summed E-state index contributed by atoms with van der Waals surface area (Å²) in [6.07, 6.45) is 0.960. The Bertz CT molecular complexity index is 1140. The van der Waals surface area contributed by atoms with E-state index in [0.29, 0.717) is 52.6 Å². The number of dihydropyridines is 1. The van der Waals surface area contributed by atoms with Crippen molar-refractivity contribution in [2.75, 3.05) is 18.1 Å². The molecule has 178 valence electrons. The van der Waals surface area contributed by atoms with Gasteiger partial charge in [0, 0.05) is 40.1 Å². The molecule has 0 saturated heterocycles. The van der Waals surface area contributed by atoms with Crippen LogP contribution >= 0.6 is 23.4 Å². The Morgan fingerprint density at radius 3 is 2.47 bits per heavy atom. The summed E-state index contributed by atoms with van der Waals surface area (Å²) in [6.45, 7) is 4.17. The monoisotopic (exact) mass is 499 g/mol. The second-order valence-electron chi connectivity index (χ2n) is 8.45.